The summed E-state index contributed by atoms with van der Waals surface area (Å²) in [5, 5.41) is 3.79. The van der Waals surface area contributed by atoms with Gasteiger partial charge in [0, 0.05) is 24.7 Å². The van der Waals surface area contributed by atoms with Crippen molar-refractivity contribution in [3.05, 3.63) is 0 Å². The molecule has 0 aliphatic carbocycles. The summed E-state index contributed by atoms with van der Waals surface area (Å²) >= 11 is 0. The van der Waals surface area contributed by atoms with E-state index in [0.717, 1.165) is 6.54 Å². The van der Waals surface area contributed by atoms with Gasteiger partial charge in [-0.05, 0) is 32.7 Å². The van der Waals surface area contributed by atoms with Gasteiger partial charge in [0.15, 0.2) is 0 Å². The number of piperazine rings is 1. The van der Waals surface area contributed by atoms with Crippen LogP contribution in [0.5, 0.6) is 0 Å². The highest BCUT2D eigenvalue weighted by Gasteiger charge is 2.34. The molecule has 0 saturated carbocycles. The van der Waals surface area contributed by atoms with Gasteiger partial charge < -0.3 is 5.32 Å². The summed E-state index contributed by atoms with van der Waals surface area (Å²) in [5.41, 5.74) is 0.384. The van der Waals surface area contributed by atoms with Crippen molar-refractivity contribution in [1.82, 2.24) is 10.2 Å². The molecule has 1 rings (SSSR count). The zero-order chi connectivity index (χ0) is 14.1. The van der Waals surface area contributed by atoms with E-state index in [0.29, 0.717) is 11.6 Å². The zero-order valence-corrected chi connectivity index (χ0v) is 13.8. The summed E-state index contributed by atoms with van der Waals surface area (Å²) in [7, 11) is 0. The maximum absolute atomic E-state index is 3.79. The molecule has 19 heavy (non-hydrogen) atoms. The predicted molar refractivity (Wildman–Crippen MR) is 85.7 cm³/mol. The highest BCUT2D eigenvalue weighted by molar-refractivity contribution is 4.95. The number of hydrogen-bond acceptors (Lipinski definition) is 2. The van der Waals surface area contributed by atoms with Crippen molar-refractivity contribution < 1.29 is 0 Å². The summed E-state index contributed by atoms with van der Waals surface area (Å²) in [6, 6.07) is 0.710. The van der Waals surface area contributed by atoms with Gasteiger partial charge in [-0.1, -0.05) is 52.9 Å². The van der Waals surface area contributed by atoms with Crippen molar-refractivity contribution in [2.24, 2.45) is 0 Å². The van der Waals surface area contributed by atoms with Crippen LogP contribution in [-0.4, -0.2) is 36.1 Å². The lowest BCUT2D eigenvalue weighted by molar-refractivity contribution is 0.0792. The summed E-state index contributed by atoms with van der Waals surface area (Å²) in [4.78, 5) is 2.73. The summed E-state index contributed by atoms with van der Waals surface area (Å²) in [5.74, 6) is 0. The second-order valence-electron chi connectivity index (χ2n) is 6.46. The van der Waals surface area contributed by atoms with Gasteiger partial charge in [-0.3, -0.25) is 4.90 Å². The molecule has 2 heteroatoms. The summed E-state index contributed by atoms with van der Waals surface area (Å²) in [6.45, 7) is 13.0. The summed E-state index contributed by atoms with van der Waals surface area (Å²) in [6.07, 6.45) is 10.9. The van der Waals surface area contributed by atoms with Gasteiger partial charge in [0.25, 0.3) is 0 Å². The van der Waals surface area contributed by atoms with Crippen LogP contribution < -0.4 is 5.32 Å². The topological polar surface area (TPSA) is 15.3 Å². The number of unbranched alkanes of at least 4 members (excludes halogenated alkanes) is 5. The third-order valence-electron chi connectivity index (χ3n) is 5.05. The van der Waals surface area contributed by atoms with Gasteiger partial charge in [0.05, 0.1) is 0 Å². The molecule has 1 aliphatic rings. The molecule has 1 aliphatic heterocycles. The fourth-order valence-corrected chi connectivity index (χ4v) is 3.21. The molecule has 0 aromatic carbocycles. The smallest absolute Gasteiger partial charge is 0.0304 e. The molecule has 114 valence electrons. The first-order chi connectivity index (χ1) is 9.17. The largest absolute Gasteiger partial charge is 0.308 e. The Hall–Kier alpha value is -0.0800. The molecule has 1 fully saturated rings. The first kappa shape index (κ1) is 17.0. The normalized spacial score (nSPS) is 23.7. The summed E-state index contributed by atoms with van der Waals surface area (Å²) < 4.78 is 0. The van der Waals surface area contributed by atoms with Crippen LogP contribution in [0, 0.1) is 0 Å². The van der Waals surface area contributed by atoms with E-state index < -0.39 is 0 Å². The fraction of sp³-hybridized carbons (Fsp3) is 1.00. The average molecular weight is 268 g/mol. The molecule has 1 atom stereocenters. The van der Waals surface area contributed by atoms with E-state index in [1.54, 1.807) is 0 Å². The van der Waals surface area contributed by atoms with E-state index in [2.05, 4.69) is 37.9 Å². The van der Waals surface area contributed by atoms with Crippen LogP contribution in [-0.2, 0) is 0 Å². The van der Waals surface area contributed by atoms with E-state index in [1.165, 1.54) is 64.5 Å². The minimum absolute atomic E-state index is 0.384. The van der Waals surface area contributed by atoms with E-state index in [1.807, 2.05) is 0 Å². The Labute approximate surface area is 121 Å². The monoisotopic (exact) mass is 268 g/mol. The van der Waals surface area contributed by atoms with Gasteiger partial charge in [0.1, 0.15) is 0 Å². The molecule has 0 amide bonds. The second kappa shape index (κ2) is 8.97. The van der Waals surface area contributed by atoms with E-state index in [4.69, 9.17) is 0 Å². The lowest BCUT2D eigenvalue weighted by atomic mass is 9.88. The van der Waals surface area contributed by atoms with Crippen molar-refractivity contribution in [3.8, 4) is 0 Å². The molecule has 0 bridgehead atoms. The first-order valence-electron chi connectivity index (χ1n) is 8.66. The number of nitrogens with one attached hydrogen (secondary N) is 1. The predicted octanol–water partition coefficient (Wildman–Crippen LogP) is 4.20. The molecule has 0 aromatic heterocycles. The third kappa shape index (κ3) is 5.43. The molecule has 0 aromatic rings. The maximum atomic E-state index is 3.79. The Bertz CT molecular complexity index is 223. The van der Waals surface area contributed by atoms with Crippen molar-refractivity contribution in [1.29, 1.82) is 0 Å². The van der Waals surface area contributed by atoms with E-state index in [9.17, 15) is 0 Å². The third-order valence-corrected chi connectivity index (χ3v) is 5.05. The average Bonchev–Trinajstić information content (AvgIpc) is 2.45. The van der Waals surface area contributed by atoms with E-state index in [-0.39, 0.29) is 0 Å². The van der Waals surface area contributed by atoms with Crippen LogP contribution in [0.4, 0.5) is 0 Å². The van der Waals surface area contributed by atoms with Crippen LogP contribution in [0.1, 0.15) is 79.1 Å². The molecular weight excluding hydrogens is 232 g/mol. The Morgan fingerprint density at radius 1 is 1.00 bits per heavy atom. The molecular formula is C17H36N2. The van der Waals surface area contributed by atoms with Gasteiger partial charge in [-0.2, -0.15) is 0 Å². The highest BCUT2D eigenvalue weighted by Crippen LogP contribution is 2.23. The van der Waals surface area contributed by atoms with Crippen LogP contribution in [0.25, 0.3) is 0 Å². The number of nitrogens with zero attached hydrogens (tertiary/aromatic N) is 1. The number of rotatable bonds is 9. The van der Waals surface area contributed by atoms with E-state index >= 15 is 0 Å². The molecule has 1 heterocycles. The fourth-order valence-electron chi connectivity index (χ4n) is 3.21. The quantitative estimate of drug-likeness (QED) is 0.631. The number of hydrogen-bond donors (Lipinski definition) is 1. The van der Waals surface area contributed by atoms with Gasteiger partial charge >= 0.3 is 0 Å². The van der Waals surface area contributed by atoms with Gasteiger partial charge in [-0.25, -0.2) is 0 Å². The zero-order valence-electron chi connectivity index (χ0n) is 13.8. The Morgan fingerprint density at radius 3 is 2.26 bits per heavy atom. The van der Waals surface area contributed by atoms with Crippen LogP contribution >= 0.6 is 0 Å². The Morgan fingerprint density at radius 2 is 1.63 bits per heavy atom. The van der Waals surface area contributed by atoms with Crippen molar-refractivity contribution in [2.45, 2.75) is 90.6 Å². The minimum atomic E-state index is 0.384. The highest BCUT2D eigenvalue weighted by atomic mass is 15.2. The Balaban J connectivity index is 2.26. The molecule has 1 saturated heterocycles. The molecule has 0 spiro atoms. The van der Waals surface area contributed by atoms with Crippen LogP contribution in [0.15, 0.2) is 0 Å². The lowest BCUT2D eigenvalue weighted by Crippen LogP contribution is -2.63. The minimum Gasteiger partial charge on any atom is -0.308 e. The first-order valence-corrected chi connectivity index (χ1v) is 8.66. The lowest BCUT2D eigenvalue weighted by Gasteiger charge is -2.46. The maximum Gasteiger partial charge on any atom is 0.0304 e. The second-order valence-corrected chi connectivity index (χ2v) is 6.46. The van der Waals surface area contributed by atoms with Crippen molar-refractivity contribution in [3.63, 3.8) is 0 Å². The molecule has 0 radical (unpaired) electrons. The van der Waals surface area contributed by atoms with Gasteiger partial charge in [0.2, 0.25) is 0 Å². The van der Waals surface area contributed by atoms with Crippen LogP contribution in [0.3, 0.4) is 0 Å². The molecule has 1 N–H and O–H groups in total. The van der Waals surface area contributed by atoms with Gasteiger partial charge in [-0.15, -0.1) is 0 Å². The molecule has 2 nitrogen and oxygen atoms in total. The van der Waals surface area contributed by atoms with Crippen molar-refractivity contribution >= 4 is 0 Å². The standard InChI is InChI=1S/C17H36N2/c1-5-8-9-10-11-12-13-19-15-17(6-2,7-3)18-14-16(19)4/h16,18H,5-15H2,1-4H3. The SMILES string of the molecule is CCCCCCCCN1CC(CC)(CC)NCC1C. The Kier molecular flexibility index (Phi) is 8.01. The van der Waals surface area contributed by atoms with Crippen molar-refractivity contribution in [2.75, 3.05) is 19.6 Å². The molecule has 1 unspecified atom stereocenters. The van der Waals surface area contributed by atoms with Crippen LogP contribution in [0.2, 0.25) is 0 Å².